The van der Waals surface area contributed by atoms with Crippen molar-refractivity contribution in [2.45, 2.75) is 57.5 Å². The fraction of sp³-hybridized carbons (Fsp3) is 0.875. The molecule has 0 spiro atoms. The minimum absolute atomic E-state index is 0.0109. The molecule has 0 aromatic rings. The summed E-state index contributed by atoms with van der Waals surface area (Å²) in [4.78, 5) is 28.5. The Morgan fingerprint density at radius 2 is 1.62 bits per heavy atom. The van der Waals surface area contributed by atoms with Gasteiger partial charge in [-0.3, -0.25) is 14.5 Å². The van der Waals surface area contributed by atoms with Gasteiger partial charge in [-0.2, -0.15) is 0 Å². The molecule has 1 unspecified atom stereocenters. The predicted molar refractivity (Wildman–Crippen MR) is 80.7 cm³/mol. The van der Waals surface area contributed by atoms with Crippen molar-refractivity contribution in [2.24, 2.45) is 5.92 Å². The Morgan fingerprint density at radius 3 is 2.19 bits per heavy atom. The number of nitrogens with one attached hydrogen (secondary N) is 1. The molecule has 2 heterocycles. The average Bonchev–Trinajstić information content (AvgIpc) is 3.22. The molecule has 0 radical (unpaired) electrons. The topological polar surface area (TPSA) is 52.7 Å². The van der Waals surface area contributed by atoms with Crippen LogP contribution in [-0.4, -0.2) is 59.9 Å². The first-order valence-corrected chi connectivity index (χ1v) is 8.48. The molecule has 21 heavy (non-hydrogen) atoms. The molecule has 0 bridgehead atoms. The molecule has 2 amide bonds. The predicted octanol–water partition coefficient (Wildman–Crippen LogP) is 0.988. The van der Waals surface area contributed by atoms with Crippen LogP contribution in [0, 0.1) is 5.92 Å². The summed E-state index contributed by atoms with van der Waals surface area (Å²) in [6, 6.07) is 0.298. The summed E-state index contributed by atoms with van der Waals surface area (Å²) in [7, 11) is 0. The molecule has 2 saturated heterocycles. The van der Waals surface area contributed by atoms with Crippen molar-refractivity contribution in [3.05, 3.63) is 0 Å². The van der Waals surface area contributed by atoms with Crippen molar-refractivity contribution < 1.29 is 9.59 Å². The van der Waals surface area contributed by atoms with Crippen LogP contribution in [0.15, 0.2) is 0 Å². The zero-order valence-electron chi connectivity index (χ0n) is 13.0. The molecule has 0 aromatic heterocycles. The highest BCUT2D eigenvalue weighted by atomic mass is 16.2. The molecule has 118 valence electrons. The van der Waals surface area contributed by atoms with Gasteiger partial charge in [0.2, 0.25) is 11.8 Å². The summed E-state index contributed by atoms with van der Waals surface area (Å²) in [5.74, 6) is 0.821. The number of nitrogens with zero attached hydrogens (tertiary/aromatic N) is 2. The van der Waals surface area contributed by atoms with E-state index in [2.05, 4.69) is 10.2 Å². The molecule has 3 fully saturated rings. The highest BCUT2D eigenvalue weighted by Gasteiger charge is 2.33. The normalized spacial score (nSPS) is 25.9. The maximum Gasteiger partial charge on any atom is 0.239 e. The second-order valence-electron chi connectivity index (χ2n) is 6.80. The number of piperidine rings is 1. The summed E-state index contributed by atoms with van der Waals surface area (Å²) in [6.07, 6.45) is 6.35. The first kappa shape index (κ1) is 14.8. The second kappa shape index (κ2) is 6.34. The number of carbonyl (C=O) groups excluding carboxylic acids is 2. The molecule has 3 aliphatic rings. The van der Waals surface area contributed by atoms with Crippen LogP contribution in [0.4, 0.5) is 0 Å². The smallest absolute Gasteiger partial charge is 0.239 e. The Kier molecular flexibility index (Phi) is 4.48. The van der Waals surface area contributed by atoms with Crippen LogP contribution in [0.3, 0.4) is 0 Å². The summed E-state index contributed by atoms with van der Waals surface area (Å²) >= 11 is 0. The number of likely N-dealkylation sites (tertiary alicyclic amines) is 2. The van der Waals surface area contributed by atoms with E-state index in [1.54, 1.807) is 0 Å². The van der Waals surface area contributed by atoms with E-state index in [1.165, 1.54) is 0 Å². The molecule has 3 rings (SSSR count). The van der Waals surface area contributed by atoms with Gasteiger partial charge in [0.25, 0.3) is 0 Å². The zero-order valence-corrected chi connectivity index (χ0v) is 13.0. The third-order valence-electron chi connectivity index (χ3n) is 5.15. The number of hydrogen-bond acceptors (Lipinski definition) is 3. The maximum atomic E-state index is 12.4. The third-order valence-corrected chi connectivity index (χ3v) is 5.15. The summed E-state index contributed by atoms with van der Waals surface area (Å²) in [5.41, 5.74) is 0. The quantitative estimate of drug-likeness (QED) is 0.841. The number of amides is 2. The second-order valence-corrected chi connectivity index (χ2v) is 6.80. The first-order chi connectivity index (χ1) is 10.1. The van der Waals surface area contributed by atoms with Crippen LogP contribution < -0.4 is 5.32 Å². The molecule has 5 nitrogen and oxygen atoms in total. The molecule has 1 atom stereocenters. The molecule has 0 aromatic carbocycles. The van der Waals surface area contributed by atoms with E-state index >= 15 is 0 Å². The highest BCUT2D eigenvalue weighted by molar-refractivity contribution is 5.82. The SMILES string of the molecule is CC(C(=O)N1CCCC1)N1CCC(NC(=O)C2CC2)CC1. The van der Waals surface area contributed by atoms with Crippen LogP contribution in [0.25, 0.3) is 0 Å². The van der Waals surface area contributed by atoms with Gasteiger partial charge in [0, 0.05) is 38.1 Å². The minimum Gasteiger partial charge on any atom is -0.353 e. The van der Waals surface area contributed by atoms with Gasteiger partial charge in [0.1, 0.15) is 0 Å². The van der Waals surface area contributed by atoms with Crippen LogP contribution in [0.2, 0.25) is 0 Å². The Hall–Kier alpha value is -1.10. The Balaban J connectivity index is 1.43. The highest BCUT2D eigenvalue weighted by Crippen LogP contribution is 2.29. The van der Waals surface area contributed by atoms with Crippen molar-refractivity contribution >= 4 is 11.8 Å². The Morgan fingerprint density at radius 1 is 1.00 bits per heavy atom. The van der Waals surface area contributed by atoms with Crippen molar-refractivity contribution in [1.82, 2.24) is 15.1 Å². The van der Waals surface area contributed by atoms with E-state index in [4.69, 9.17) is 0 Å². The molecule has 1 N–H and O–H groups in total. The Labute approximate surface area is 127 Å². The lowest BCUT2D eigenvalue weighted by Gasteiger charge is -2.36. The molecule has 1 saturated carbocycles. The molecule has 1 aliphatic carbocycles. The third kappa shape index (κ3) is 3.57. The van der Waals surface area contributed by atoms with Crippen molar-refractivity contribution in [1.29, 1.82) is 0 Å². The minimum atomic E-state index is -0.0109. The van der Waals surface area contributed by atoms with Gasteiger partial charge in [0.05, 0.1) is 6.04 Å². The van der Waals surface area contributed by atoms with Crippen LogP contribution in [0.5, 0.6) is 0 Å². The fourth-order valence-electron chi connectivity index (χ4n) is 3.45. The van der Waals surface area contributed by atoms with Crippen molar-refractivity contribution in [3.63, 3.8) is 0 Å². The lowest BCUT2D eigenvalue weighted by Crippen LogP contribution is -2.52. The summed E-state index contributed by atoms with van der Waals surface area (Å²) < 4.78 is 0. The number of rotatable bonds is 4. The lowest BCUT2D eigenvalue weighted by atomic mass is 10.0. The number of carbonyl (C=O) groups is 2. The maximum absolute atomic E-state index is 12.4. The zero-order chi connectivity index (χ0) is 14.8. The van der Waals surface area contributed by atoms with Gasteiger partial charge in [-0.05, 0) is 45.4 Å². The van der Waals surface area contributed by atoms with Gasteiger partial charge < -0.3 is 10.2 Å². The van der Waals surface area contributed by atoms with E-state index in [0.29, 0.717) is 12.0 Å². The first-order valence-electron chi connectivity index (χ1n) is 8.48. The summed E-state index contributed by atoms with van der Waals surface area (Å²) in [5, 5.41) is 3.16. The number of hydrogen-bond donors (Lipinski definition) is 1. The van der Waals surface area contributed by atoms with Crippen LogP contribution >= 0.6 is 0 Å². The Bertz CT molecular complexity index is 394. The van der Waals surface area contributed by atoms with Crippen LogP contribution in [-0.2, 0) is 9.59 Å². The van der Waals surface area contributed by atoms with Crippen molar-refractivity contribution in [3.8, 4) is 0 Å². The van der Waals surface area contributed by atoms with Gasteiger partial charge in [0.15, 0.2) is 0 Å². The van der Waals surface area contributed by atoms with Crippen molar-refractivity contribution in [2.75, 3.05) is 26.2 Å². The van der Waals surface area contributed by atoms with Gasteiger partial charge >= 0.3 is 0 Å². The van der Waals surface area contributed by atoms with E-state index in [9.17, 15) is 9.59 Å². The summed E-state index contributed by atoms with van der Waals surface area (Å²) in [6.45, 7) is 5.71. The molecule has 2 aliphatic heterocycles. The van der Waals surface area contributed by atoms with Gasteiger partial charge in [-0.15, -0.1) is 0 Å². The van der Waals surface area contributed by atoms with E-state index in [-0.39, 0.29) is 17.9 Å². The monoisotopic (exact) mass is 293 g/mol. The van der Waals surface area contributed by atoms with E-state index in [1.807, 2.05) is 11.8 Å². The lowest BCUT2D eigenvalue weighted by molar-refractivity contribution is -0.136. The molecular formula is C16H27N3O2. The standard InChI is InChI=1S/C16H27N3O2/c1-12(16(21)19-8-2-3-9-19)18-10-6-14(7-11-18)17-15(20)13-4-5-13/h12-14H,2-11H2,1H3,(H,17,20). The molecular weight excluding hydrogens is 266 g/mol. The van der Waals surface area contributed by atoms with Crippen LogP contribution in [0.1, 0.15) is 45.4 Å². The van der Waals surface area contributed by atoms with E-state index in [0.717, 1.165) is 64.7 Å². The largest absolute Gasteiger partial charge is 0.353 e. The van der Waals surface area contributed by atoms with Gasteiger partial charge in [-0.1, -0.05) is 0 Å². The van der Waals surface area contributed by atoms with Gasteiger partial charge in [-0.25, -0.2) is 0 Å². The fourth-order valence-corrected chi connectivity index (χ4v) is 3.45. The average molecular weight is 293 g/mol. The van der Waals surface area contributed by atoms with E-state index < -0.39 is 0 Å². The molecule has 5 heteroatoms.